The molecule has 1 N–H and O–H groups in total. The van der Waals surface area contributed by atoms with E-state index in [4.69, 9.17) is 9.72 Å². The largest absolute Gasteiger partial charge is 0.378 e. The lowest BCUT2D eigenvalue weighted by Crippen LogP contribution is -2.49. The topological polar surface area (TPSA) is 73.8 Å². The van der Waals surface area contributed by atoms with E-state index in [1.54, 1.807) is 6.20 Å². The first-order chi connectivity index (χ1) is 17.7. The smallest absolute Gasteiger partial charge is 0.229 e. The van der Waals surface area contributed by atoms with Gasteiger partial charge >= 0.3 is 0 Å². The number of amides is 1. The average Bonchev–Trinajstić information content (AvgIpc) is 2.94. The summed E-state index contributed by atoms with van der Waals surface area (Å²) in [5.41, 5.74) is 4.52. The maximum absolute atomic E-state index is 12.8. The molecule has 3 aromatic rings. The molecule has 3 heterocycles. The Balaban J connectivity index is 1.14. The Hall–Kier alpha value is -3.65. The predicted octanol–water partition coefficient (Wildman–Crippen LogP) is 3.51. The van der Waals surface area contributed by atoms with Crippen molar-refractivity contribution in [3.8, 4) is 0 Å². The summed E-state index contributed by atoms with van der Waals surface area (Å²) >= 11 is 0. The van der Waals surface area contributed by atoms with Gasteiger partial charge in [-0.25, -0.2) is 4.98 Å². The van der Waals surface area contributed by atoms with Crippen LogP contribution in [0.5, 0.6) is 0 Å². The first-order valence-corrected chi connectivity index (χ1v) is 12.8. The molecule has 0 bridgehead atoms. The summed E-state index contributed by atoms with van der Waals surface area (Å²) in [6.07, 6.45) is 3.25. The predicted molar refractivity (Wildman–Crippen MR) is 143 cm³/mol. The summed E-state index contributed by atoms with van der Waals surface area (Å²) in [5, 5.41) is 3.32. The SMILES string of the molecule is CCc1ccc(CC(=O)N2CCN(c3ccnc(Nc4ccc(N5CCOCC5)cc4)n3)CC2)cc1. The Morgan fingerprint density at radius 1 is 0.861 bits per heavy atom. The Kier molecular flexibility index (Phi) is 7.61. The average molecular weight is 487 g/mol. The second kappa shape index (κ2) is 11.4. The molecule has 1 aromatic heterocycles. The van der Waals surface area contributed by atoms with E-state index in [0.717, 1.165) is 62.9 Å². The van der Waals surface area contributed by atoms with Crippen LogP contribution in [0.2, 0.25) is 0 Å². The van der Waals surface area contributed by atoms with Gasteiger partial charge in [-0.3, -0.25) is 4.79 Å². The molecule has 0 radical (unpaired) electrons. The van der Waals surface area contributed by atoms with Gasteiger partial charge in [0.05, 0.1) is 19.6 Å². The van der Waals surface area contributed by atoms with E-state index in [-0.39, 0.29) is 5.91 Å². The minimum atomic E-state index is 0.185. The van der Waals surface area contributed by atoms with Crippen LogP contribution >= 0.6 is 0 Å². The Morgan fingerprint density at radius 3 is 2.25 bits per heavy atom. The van der Waals surface area contributed by atoms with E-state index in [2.05, 4.69) is 75.6 Å². The molecule has 0 unspecified atom stereocenters. The van der Waals surface area contributed by atoms with Crippen LogP contribution < -0.4 is 15.1 Å². The molecule has 0 spiro atoms. The van der Waals surface area contributed by atoms with Gasteiger partial charge < -0.3 is 24.8 Å². The maximum Gasteiger partial charge on any atom is 0.229 e. The number of nitrogens with one attached hydrogen (secondary N) is 1. The van der Waals surface area contributed by atoms with Crippen LogP contribution in [-0.4, -0.2) is 73.3 Å². The second-order valence-corrected chi connectivity index (χ2v) is 9.22. The fourth-order valence-electron chi connectivity index (χ4n) is 4.66. The molecule has 2 aliphatic heterocycles. The van der Waals surface area contributed by atoms with E-state index in [9.17, 15) is 4.79 Å². The lowest BCUT2D eigenvalue weighted by molar-refractivity contribution is -0.130. The Bertz CT molecular complexity index is 1140. The Labute approximate surface area is 212 Å². The highest BCUT2D eigenvalue weighted by Crippen LogP contribution is 2.22. The van der Waals surface area contributed by atoms with Crippen molar-refractivity contribution in [3.05, 3.63) is 71.9 Å². The molecule has 1 amide bonds. The van der Waals surface area contributed by atoms with Gasteiger partial charge in [-0.05, 0) is 47.9 Å². The van der Waals surface area contributed by atoms with Gasteiger partial charge in [0.1, 0.15) is 5.82 Å². The van der Waals surface area contributed by atoms with Crippen LogP contribution in [0.1, 0.15) is 18.1 Å². The number of benzene rings is 2. The molecule has 188 valence electrons. The number of aryl methyl sites for hydroxylation is 1. The molecule has 5 rings (SSSR count). The maximum atomic E-state index is 12.8. The highest BCUT2D eigenvalue weighted by molar-refractivity contribution is 5.79. The van der Waals surface area contributed by atoms with Gasteiger partial charge in [0.2, 0.25) is 11.9 Å². The fraction of sp³-hybridized carbons (Fsp3) is 0.393. The van der Waals surface area contributed by atoms with E-state index in [0.29, 0.717) is 25.5 Å². The molecule has 2 aliphatic rings. The summed E-state index contributed by atoms with van der Waals surface area (Å²) in [4.78, 5) is 28.5. The second-order valence-electron chi connectivity index (χ2n) is 9.22. The van der Waals surface area contributed by atoms with Crippen molar-refractivity contribution < 1.29 is 9.53 Å². The van der Waals surface area contributed by atoms with E-state index >= 15 is 0 Å². The quantitative estimate of drug-likeness (QED) is 0.548. The zero-order valence-corrected chi connectivity index (χ0v) is 20.9. The third-order valence-electron chi connectivity index (χ3n) is 6.88. The molecule has 0 aliphatic carbocycles. The van der Waals surface area contributed by atoms with Crippen molar-refractivity contribution in [2.24, 2.45) is 0 Å². The number of hydrogen-bond acceptors (Lipinski definition) is 7. The van der Waals surface area contributed by atoms with Crippen molar-refractivity contribution in [2.45, 2.75) is 19.8 Å². The number of ether oxygens (including phenoxy) is 1. The first kappa shape index (κ1) is 24.1. The first-order valence-electron chi connectivity index (χ1n) is 12.8. The monoisotopic (exact) mass is 486 g/mol. The number of anilines is 4. The van der Waals surface area contributed by atoms with Crippen molar-refractivity contribution in [1.82, 2.24) is 14.9 Å². The number of carbonyl (C=O) groups excluding carboxylic acids is 1. The normalized spacial score (nSPS) is 16.2. The minimum Gasteiger partial charge on any atom is -0.378 e. The van der Waals surface area contributed by atoms with Crippen molar-refractivity contribution in [1.29, 1.82) is 0 Å². The van der Waals surface area contributed by atoms with Crippen molar-refractivity contribution in [3.63, 3.8) is 0 Å². The number of morpholine rings is 1. The van der Waals surface area contributed by atoms with Crippen molar-refractivity contribution >= 4 is 29.0 Å². The number of nitrogens with zero attached hydrogens (tertiary/aromatic N) is 5. The fourth-order valence-corrected chi connectivity index (χ4v) is 4.66. The summed E-state index contributed by atoms with van der Waals surface area (Å²) < 4.78 is 5.44. The van der Waals surface area contributed by atoms with Crippen LogP contribution in [0.25, 0.3) is 0 Å². The molecular formula is C28H34N6O2. The molecule has 2 saturated heterocycles. The number of hydrogen-bond donors (Lipinski definition) is 1. The highest BCUT2D eigenvalue weighted by atomic mass is 16.5. The molecule has 0 atom stereocenters. The molecule has 8 nitrogen and oxygen atoms in total. The number of aromatic nitrogens is 2. The van der Waals surface area contributed by atoms with E-state index in [1.807, 2.05) is 11.0 Å². The summed E-state index contributed by atoms with van der Waals surface area (Å²) in [6, 6.07) is 18.6. The van der Waals surface area contributed by atoms with Gasteiger partial charge in [0, 0.05) is 56.8 Å². The van der Waals surface area contributed by atoms with Crippen LogP contribution in [0, 0.1) is 0 Å². The van der Waals surface area contributed by atoms with Crippen molar-refractivity contribution in [2.75, 3.05) is 67.6 Å². The van der Waals surface area contributed by atoms with Gasteiger partial charge in [-0.15, -0.1) is 0 Å². The molecular weight excluding hydrogens is 452 g/mol. The van der Waals surface area contributed by atoms with Gasteiger partial charge in [0.15, 0.2) is 0 Å². The zero-order valence-electron chi connectivity index (χ0n) is 20.9. The van der Waals surface area contributed by atoms with Gasteiger partial charge in [0.25, 0.3) is 0 Å². The number of rotatable bonds is 7. The third-order valence-corrected chi connectivity index (χ3v) is 6.88. The number of carbonyl (C=O) groups is 1. The van der Waals surface area contributed by atoms with Gasteiger partial charge in [-0.2, -0.15) is 4.98 Å². The third kappa shape index (κ3) is 5.94. The van der Waals surface area contributed by atoms with Crippen LogP contribution in [-0.2, 0) is 22.4 Å². The zero-order chi connectivity index (χ0) is 24.7. The van der Waals surface area contributed by atoms with Gasteiger partial charge in [-0.1, -0.05) is 31.2 Å². The molecule has 8 heteroatoms. The number of piperazine rings is 1. The van der Waals surface area contributed by atoms with Crippen LogP contribution in [0.15, 0.2) is 60.8 Å². The molecule has 2 aromatic carbocycles. The standard InChI is InChI=1S/C28H34N6O2/c1-2-22-3-5-23(6-4-22)21-27(35)34-15-13-33(14-16-34)26-11-12-29-28(31-26)30-24-7-9-25(10-8-24)32-17-19-36-20-18-32/h3-12H,2,13-21H2,1H3,(H,29,30,31). The van der Waals surface area contributed by atoms with E-state index in [1.165, 1.54) is 11.3 Å². The molecule has 2 fully saturated rings. The molecule has 36 heavy (non-hydrogen) atoms. The summed E-state index contributed by atoms with van der Waals surface area (Å²) in [6.45, 7) is 8.43. The lowest BCUT2D eigenvalue weighted by atomic mass is 10.1. The lowest BCUT2D eigenvalue weighted by Gasteiger charge is -2.35. The summed E-state index contributed by atoms with van der Waals surface area (Å²) in [5.74, 6) is 1.63. The molecule has 0 saturated carbocycles. The summed E-state index contributed by atoms with van der Waals surface area (Å²) in [7, 11) is 0. The highest BCUT2D eigenvalue weighted by Gasteiger charge is 2.22. The van der Waals surface area contributed by atoms with Crippen LogP contribution in [0.3, 0.4) is 0 Å². The minimum absolute atomic E-state index is 0.185. The Morgan fingerprint density at radius 2 is 1.56 bits per heavy atom. The van der Waals surface area contributed by atoms with Crippen LogP contribution in [0.4, 0.5) is 23.1 Å². The van der Waals surface area contributed by atoms with E-state index < -0.39 is 0 Å².